The van der Waals surface area contributed by atoms with Crippen LogP contribution in [0.1, 0.15) is 71.3 Å². The summed E-state index contributed by atoms with van der Waals surface area (Å²) in [6, 6.07) is 2.83. The van der Waals surface area contributed by atoms with Crippen LogP contribution in [0.25, 0.3) is 0 Å². The molecule has 1 aromatic rings. The standard InChI is InChI=1S/C25H30N2O7/c1-5-6-7-8-32-24(29)21-14(2)26-16-11-25(3,4)12-18(28)23(16)22(21)15-9-19-20(34-13-33-19)10-17(15)27(30)31/h9-10,21-22H,5-8,11-13H2,1-4H3/t21?,22-/m0/s1. The van der Waals surface area contributed by atoms with Gasteiger partial charge >= 0.3 is 5.97 Å². The second kappa shape index (κ2) is 9.19. The molecule has 4 rings (SSSR count). The summed E-state index contributed by atoms with van der Waals surface area (Å²) in [6.45, 7) is 7.96. The number of Topliss-reactive ketones (excluding diaryl/α,β-unsaturated/α-hetero) is 1. The van der Waals surface area contributed by atoms with Crippen molar-refractivity contribution in [2.75, 3.05) is 13.4 Å². The van der Waals surface area contributed by atoms with Crippen LogP contribution in [0, 0.1) is 21.4 Å². The number of esters is 1. The van der Waals surface area contributed by atoms with Crippen LogP contribution in [-0.4, -0.2) is 35.8 Å². The number of fused-ring (bicyclic) bond motifs is 1. The second-order valence-electron chi connectivity index (χ2n) is 9.91. The summed E-state index contributed by atoms with van der Waals surface area (Å²) in [6.07, 6.45) is 3.44. The van der Waals surface area contributed by atoms with Gasteiger partial charge in [0.2, 0.25) is 6.79 Å². The Morgan fingerprint density at radius 2 is 1.94 bits per heavy atom. The maximum Gasteiger partial charge on any atom is 0.315 e. The second-order valence-corrected chi connectivity index (χ2v) is 9.91. The Labute approximate surface area is 198 Å². The number of rotatable bonds is 7. The molecular formula is C25H30N2O7. The number of hydrogen-bond donors (Lipinski definition) is 0. The van der Waals surface area contributed by atoms with Gasteiger partial charge in [0.05, 0.1) is 17.6 Å². The number of hydrogen-bond acceptors (Lipinski definition) is 8. The molecule has 0 spiro atoms. The zero-order chi connectivity index (χ0) is 24.6. The van der Waals surface area contributed by atoms with Gasteiger partial charge in [0, 0.05) is 34.9 Å². The third-order valence-electron chi connectivity index (χ3n) is 6.60. The van der Waals surface area contributed by atoms with Crippen LogP contribution in [0.3, 0.4) is 0 Å². The van der Waals surface area contributed by atoms with E-state index in [0.717, 1.165) is 19.3 Å². The Hall–Kier alpha value is -3.23. The molecule has 3 aliphatic rings. The normalized spacial score (nSPS) is 22.8. The number of allylic oxidation sites excluding steroid dienone is 2. The molecule has 9 heteroatoms. The van der Waals surface area contributed by atoms with Gasteiger partial charge in [0.1, 0.15) is 5.92 Å². The quantitative estimate of drug-likeness (QED) is 0.241. The maximum absolute atomic E-state index is 13.4. The van der Waals surface area contributed by atoms with E-state index in [-0.39, 0.29) is 48.0 Å². The molecule has 182 valence electrons. The first kappa shape index (κ1) is 23.9. The number of ketones is 1. The van der Waals surface area contributed by atoms with Gasteiger partial charge in [-0.3, -0.25) is 24.7 Å². The van der Waals surface area contributed by atoms with Crippen molar-refractivity contribution >= 4 is 23.2 Å². The fraction of sp³-hybridized carbons (Fsp3) is 0.560. The van der Waals surface area contributed by atoms with E-state index in [2.05, 4.69) is 11.9 Å². The molecule has 34 heavy (non-hydrogen) atoms. The summed E-state index contributed by atoms with van der Waals surface area (Å²) in [4.78, 5) is 43.0. The molecule has 0 fully saturated rings. The molecular weight excluding hydrogens is 440 g/mol. The lowest BCUT2D eigenvalue weighted by Crippen LogP contribution is -2.39. The van der Waals surface area contributed by atoms with Gasteiger partial charge in [-0.1, -0.05) is 33.6 Å². The van der Waals surface area contributed by atoms with E-state index in [9.17, 15) is 19.7 Å². The summed E-state index contributed by atoms with van der Waals surface area (Å²) < 4.78 is 16.4. The predicted molar refractivity (Wildman–Crippen MR) is 124 cm³/mol. The van der Waals surface area contributed by atoms with Crippen LogP contribution in [0.5, 0.6) is 11.5 Å². The Kier molecular flexibility index (Phi) is 6.47. The van der Waals surface area contributed by atoms with E-state index in [0.29, 0.717) is 29.2 Å². The molecule has 1 unspecified atom stereocenters. The van der Waals surface area contributed by atoms with Crippen molar-refractivity contribution in [3.8, 4) is 11.5 Å². The Bertz CT molecular complexity index is 1100. The Morgan fingerprint density at radius 1 is 1.24 bits per heavy atom. The molecule has 2 aliphatic heterocycles. The topological polar surface area (TPSA) is 117 Å². The average Bonchev–Trinajstić information content (AvgIpc) is 3.21. The predicted octanol–water partition coefficient (Wildman–Crippen LogP) is 4.87. The number of carbonyl (C=O) groups is 2. The Morgan fingerprint density at radius 3 is 2.62 bits per heavy atom. The summed E-state index contributed by atoms with van der Waals surface area (Å²) in [5.41, 5.74) is 1.16. The molecule has 0 saturated carbocycles. The summed E-state index contributed by atoms with van der Waals surface area (Å²) in [5.74, 6) is -1.89. The van der Waals surface area contributed by atoms with Crippen LogP contribution in [0.15, 0.2) is 28.4 Å². The lowest BCUT2D eigenvalue weighted by molar-refractivity contribution is -0.385. The van der Waals surface area contributed by atoms with E-state index in [1.807, 2.05) is 13.8 Å². The number of nitrogens with zero attached hydrogens (tertiary/aromatic N) is 2. The summed E-state index contributed by atoms with van der Waals surface area (Å²) in [5, 5.41) is 12.1. The molecule has 0 saturated heterocycles. The van der Waals surface area contributed by atoms with E-state index in [1.54, 1.807) is 6.92 Å². The van der Waals surface area contributed by atoms with Crippen molar-refractivity contribution < 1.29 is 28.7 Å². The monoisotopic (exact) mass is 470 g/mol. The zero-order valence-corrected chi connectivity index (χ0v) is 20.0. The lowest BCUT2D eigenvalue weighted by Gasteiger charge is -2.38. The van der Waals surface area contributed by atoms with Crippen LogP contribution >= 0.6 is 0 Å². The van der Waals surface area contributed by atoms with Gasteiger partial charge in [0.15, 0.2) is 17.3 Å². The van der Waals surface area contributed by atoms with Crippen LogP contribution in [-0.2, 0) is 14.3 Å². The van der Waals surface area contributed by atoms with Crippen molar-refractivity contribution in [1.82, 2.24) is 0 Å². The molecule has 0 N–H and O–H groups in total. The molecule has 0 aromatic heterocycles. The SMILES string of the molecule is CCCCCOC(=O)C1C(C)=NC2=C(C(=O)CC(C)(C)C2)[C@H]1c1cc2c(cc1[N+](=O)[O-])OCO2. The molecule has 9 nitrogen and oxygen atoms in total. The van der Waals surface area contributed by atoms with Crippen molar-refractivity contribution in [3.05, 3.63) is 39.1 Å². The van der Waals surface area contributed by atoms with E-state index >= 15 is 0 Å². The molecule has 1 aromatic carbocycles. The first-order chi connectivity index (χ1) is 16.1. The average molecular weight is 471 g/mol. The van der Waals surface area contributed by atoms with E-state index in [4.69, 9.17) is 14.2 Å². The number of nitro groups is 1. The van der Waals surface area contributed by atoms with Crippen LogP contribution in [0.2, 0.25) is 0 Å². The van der Waals surface area contributed by atoms with Crippen molar-refractivity contribution in [2.45, 2.75) is 65.7 Å². The lowest BCUT2D eigenvalue weighted by atomic mass is 9.66. The van der Waals surface area contributed by atoms with Crippen molar-refractivity contribution in [3.63, 3.8) is 0 Å². The highest BCUT2D eigenvalue weighted by Crippen LogP contribution is 2.51. The minimum Gasteiger partial charge on any atom is -0.465 e. The highest BCUT2D eigenvalue weighted by Gasteiger charge is 2.48. The summed E-state index contributed by atoms with van der Waals surface area (Å²) in [7, 11) is 0. The number of nitro benzene ring substituents is 1. The van der Waals surface area contributed by atoms with Gasteiger partial charge in [-0.2, -0.15) is 0 Å². The highest BCUT2D eigenvalue weighted by molar-refractivity contribution is 6.09. The maximum atomic E-state index is 13.4. The van der Waals surface area contributed by atoms with Crippen LogP contribution in [0.4, 0.5) is 5.69 Å². The molecule has 0 radical (unpaired) electrons. The minimum atomic E-state index is -0.940. The molecule has 1 aliphatic carbocycles. The fourth-order valence-electron chi connectivity index (χ4n) is 5.06. The Balaban J connectivity index is 1.85. The van der Waals surface area contributed by atoms with Crippen molar-refractivity contribution in [1.29, 1.82) is 0 Å². The van der Waals surface area contributed by atoms with Crippen molar-refractivity contribution in [2.24, 2.45) is 16.3 Å². The third kappa shape index (κ3) is 4.43. The van der Waals surface area contributed by atoms with E-state index < -0.39 is 22.7 Å². The van der Waals surface area contributed by atoms with Gasteiger partial charge in [-0.05, 0) is 31.2 Å². The van der Waals surface area contributed by atoms with Gasteiger partial charge < -0.3 is 14.2 Å². The van der Waals surface area contributed by atoms with Gasteiger partial charge in [-0.25, -0.2) is 0 Å². The number of ether oxygens (including phenoxy) is 3. The third-order valence-corrected chi connectivity index (χ3v) is 6.60. The smallest absolute Gasteiger partial charge is 0.315 e. The van der Waals surface area contributed by atoms with Crippen LogP contribution < -0.4 is 9.47 Å². The zero-order valence-electron chi connectivity index (χ0n) is 20.0. The van der Waals surface area contributed by atoms with Gasteiger partial charge in [-0.15, -0.1) is 0 Å². The first-order valence-corrected chi connectivity index (χ1v) is 11.7. The molecule has 2 atom stereocenters. The number of aliphatic imine (C=N–C) groups is 1. The molecule has 2 heterocycles. The number of benzene rings is 1. The van der Waals surface area contributed by atoms with E-state index in [1.165, 1.54) is 12.1 Å². The fourth-order valence-corrected chi connectivity index (χ4v) is 5.06. The number of unbranched alkanes of at least 4 members (excludes halogenated alkanes) is 2. The molecule has 0 bridgehead atoms. The minimum absolute atomic E-state index is 0.0505. The highest BCUT2D eigenvalue weighted by atomic mass is 16.7. The van der Waals surface area contributed by atoms with Gasteiger partial charge in [0.25, 0.3) is 5.69 Å². The number of carbonyl (C=O) groups excluding carboxylic acids is 2. The summed E-state index contributed by atoms with van der Waals surface area (Å²) >= 11 is 0. The largest absolute Gasteiger partial charge is 0.465 e. The first-order valence-electron chi connectivity index (χ1n) is 11.7. The molecule has 0 amide bonds.